The number of amides is 2. The molecule has 2 rings (SSSR count). The number of halogens is 1. The van der Waals surface area contributed by atoms with Gasteiger partial charge in [-0.15, -0.1) is 11.3 Å². The molecule has 2 N–H and O–H groups in total. The van der Waals surface area contributed by atoms with Crippen LogP contribution in [0.4, 0.5) is 4.39 Å². The van der Waals surface area contributed by atoms with Gasteiger partial charge in [-0.2, -0.15) is 0 Å². The molecule has 7 heteroatoms. The van der Waals surface area contributed by atoms with Gasteiger partial charge in [-0.05, 0) is 55.7 Å². The molecule has 1 aromatic heterocycles. The van der Waals surface area contributed by atoms with Crippen LogP contribution in [0.5, 0.6) is 0 Å². The summed E-state index contributed by atoms with van der Waals surface area (Å²) in [5.74, 6) is -1.13. The molecule has 0 aliphatic carbocycles. The molecule has 0 unspecified atom stereocenters. The number of nitrogens with one attached hydrogen (secondary N) is 2. The second-order valence-corrected chi connectivity index (χ2v) is 7.92. The van der Waals surface area contributed by atoms with Crippen LogP contribution >= 0.6 is 11.3 Å². The van der Waals surface area contributed by atoms with Crippen molar-refractivity contribution in [3.8, 4) is 0 Å². The lowest BCUT2D eigenvalue weighted by atomic mass is 10.0. The standard InChI is InChI=1S/C20H26FN3O2S/c1-13(2)18(23-19(25)14-7-9-15(21)10-8-14)20(26)22-12-16(24(3)4)17-6-5-11-27-17/h5-11,13,16,18H,12H2,1-4H3,(H,22,26)(H,23,25)/t16-,18+/m1/s1. The molecule has 0 aliphatic heterocycles. The smallest absolute Gasteiger partial charge is 0.251 e. The molecule has 0 saturated heterocycles. The van der Waals surface area contributed by atoms with Crippen molar-refractivity contribution < 1.29 is 14.0 Å². The largest absolute Gasteiger partial charge is 0.352 e. The minimum atomic E-state index is -0.672. The van der Waals surface area contributed by atoms with E-state index in [1.54, 1.807) is 11.3 Å². The molecular formula is C20H26FN3O2S. The van der Waals surface area contributed by atoms with E-state index in [1.165, 1.54) is 24.3 Å². The van der Waals surface area contributed by atoms with E-state index in [0.717, 1.165) is 4.88 Å². The van der Waals surface area contributed by atoms with Gasteiger partial charge in [0.05, 0.1) is 6.04 Å². The molecule has 5 nitrogen and oxygen atoms in total. The summed E-state index contributed by atoms with van der Waals surface area (Å²) in [6, 6.07) is 8.67. The van der Waals surface area contributed by atoms with E-state index >= 15 is 0 Å². The number of carbonyl (C=O) groups is 2. The lowest BCUT2D eigenvalue weighted by Gasteiger charge is -2.26. The van der Waals surface area contributed by atoms with E-state index in [-0.39, 0.29) is 17.9 Å². The molecule has 1 heterocycles. The Morgan fingerprint density at radius 1 is 1.15 bits per heavy atom. The highest BCUT2D eigenvalue weighted by Crippen LogP contribution is 2.22. The zero-order chi connectivity index (χ0) is 20.0. The number of hydrogen-bond acceptors (Lipinski definition) is 4. The summed E-state index contributed by atoms with van der Waals surface area (Å²) in [5.41, 5.74) is 0.319. The molecule has 0 saturated carbocycles. The summed E-state index contributed by atoms with van der Waals surface area (Å²) < 4.78 is 13.0. The van der Waals surface area contributed by atoms with Gasteiger partial charge in [0.1, 0.15) is 11.9 Å². The number of likely N-dealkylation sites (N-methyl/N-ethyl adjacent to an activating group) is 1. The molecule has 2 atom stereocenters. The van der Waals surface area contributed by atoms with Gasteiger partial charge in [-0.1, -0.05) is 19.9 Å². The van der Waals surface area contributed by atoms with E-state index in [2.05, 4.69) is 10.6 Å². The van der Waals surface area contributed by atoms with Crippen molar-refractivity contribution in [3.63, 3.8) is 0 Å². The highest BCUT2D eigenvalue weighted by molar-refractivity contribution is 7.10. The van der Waals surface area contributed by atoms with Crippen LogP contribution in [-0.2, 0) is 4.79 Å². The van der Waals surface area contributed by atoms with Crippen LogP contribution in [0.2, 0.25) is 0 Å². The lowest BCUT2D eigenvalue weighted by Crippen LogP contribution is -2.50. The van der Waals surface area contributed by atoms with E-state index in [4.69, 9.17) is 0 Å². The predicted octanol–water partition coefficient (Wildman–Crippen LogP) is 3.06. The SMILES string of the molecule is CC(C)[C@H](NC(=O)c1ccc(F)cc1)C(=O)NC[C@H](c1cccs1)N(C)C. The van der Waals surface area contributed by atoms with E-state index < -0.39 is 17.8 Å². The fourth-order valence-corrected chi connectivity index (χ4v) is 3.61. The monoisotopic (exact) mass is 391 g/mol. The maximum absolute atomic E-state index is 13.0. The van der Waals surface area contributed by atoms with Crippen molar-refractivity contribution in [1.82, 2.24) is 15.5 Å². The first kappa shape index (κ1) is 21.1. The molecule has 2 amide bonds. The second kappa shape index (κ2) is 9.62. The third-order valence-corrected chi connectivity index (χ3v) is 5.28. The Balaban J connectivity index is 2.01. The molecule has 0 fully saturated rings. The summed E-state index contributed by atoms with van der Waals surface area (Å²) in [6.07, 6.45) is 0. The van der Waals surface area contributed by atoms with Crippen LogP contribution in [0.15, 0.2) is 41.8 Å². The van der Waals surface area contributed by atoms with Crippen molar-refractivity contribution in [2.24, 2.45) is 5.92 Å². The fraction of sp³-hybridized carbons (Fsp3) is 0.400. The maximum atomic E-state index is 13.0. The van der Waals surface area contributed by atoms with Gasteiger partial charge in [-0.3, -0.25) is 9.59 Å². The van der Waals surface area contributed by atoms with E-state index in [1.807, 2.05) is 50.4 Å². The average molecular weight is 392 g/mol. The number of hydrogen-bond donors (Lipinski definition) is 2. The Bertz CT molecular complexity index is 745. The molecule has 0 aliphatic rings. The van der Waals surface area contributed by atoms with Crippen molar-refractivity contribution in [1.29, 1.82) is 0 Å². The highest BCUT2D eigenvalue weighted by Gasteiger charge is 2.26. The molecule has 0 spiro atoms. The summed E-state index contributed by atoms with van der Waals surface area (Å²) in [4.78, 5) is 28.3. The molecule has 0 bridgehead atoms. The molecule has 146 valence electrons. The van der Waals surface area contributed by atoms with E-state index in [9.17, 15) is 14.0 Å². The predicted molar refractivity (Wildman–Crippen MR) is 106 cm³/mol. The Labute approximate surface area is 163 Å². The Kier molecular flexibility index (Phi) is 7.50. The van der Waals surface area contributed by atoms with Crippen molar-refractivity contribution in [2.45, 2.75) is 25.9 Å². The van der Waals surface area contributed by atoms with Crippen molar-refractivity contribution in [3.05, 3.63) is 58.0 Å². The first-order chi connectivity index (χ1) is 12.8. The molecule has 0 radical (unpaired) electrons. The Morgan fingerprint density at radius 3 is 2.33 bits per heavy atom. The van der Waals surface area contributed by atoms with Crippen molar-refractivity contribution >= 4 is 23.2 Å². The summed E-state index contributed by atoms with van der Waals surface area (Å²) in [7, 11) is 3.93. The first-order valence-corrected chi connectivity index (χ1v) is 9.71. The Morgan fingerprint density at radius 2 is 1.81 bits per heavy atom. The lowest BCUT2D eigenvalue weighted by molar-refractivity contribution is -0.124. The van der Waals surface area contributed by atoms with Crippen LogP contribution < -0.4 is 10.6 Å². The normalized spacial score (nSPS) is 13.4. The molecule has 27 heavy (non-hydrogen) atoms. The summed E-state index contributed by atoms with van der Waals surface area (Å²) in [5, 5.41) is 7.71. The average Bonchev–Trinajstić information content (AvgIpc) is 3.13. The van der Waals surface area contributed by atoms with Crippen molar-refractivity contribution in [2.75, 3.05) is 20.6 Å². The van der Waals surface area contributed by atoms with Crippen LogP contribution in [0.1, 0.15) is 35.1 Å². The molecule has 1 aromatic carbocycles. The van der Waals surface area contributed by atoms with Gasteiger partial charge in [0.25, 0.3) is 5.91 Å². The van der Waals surface area contributed by atoms with Gasteiger partial charge >= 0.3 is 0 Å². The van der Waals surface area contributed by atoms with Gasteiger partial charge in [0.2, 0.25) is 5.91 Å². The summed E-state index contributed by atoms with van der Waals surface area (Å²) in [6.45, 7) is 4.19. The van der Waals surface area contributed by atoms with Gasteiger partial charge in [0.15, 0.2) is 0 Å². The first-order valence-electron chi connectivity index (χ1n) is 8.83. The molecule has 2 aromatic rings. The summed E-state index contributed by atoms with van der Waals surface area (Å²) >= 11 is 1.64. The number of carbonyl (C=O) groups excluding carboxylic acids is 2. The minimum Gasteiger partial charge on any atom is -0.352 e. The van der Waals surface area contributed by atoms with Gasteiger partial charge < -0.3 is 15.5 Å². The maximum Gasteiger partial charge on any atom is 0.251 e. The number of thiophene rings is 1. The molecular weight excluding hydrogens is 365 g/mol. The zero-order valence-corrected chi connectivity index (χ0v) is 16.8. The minimum absolute atomic E-state index is 0.0644. The third kappa shape index (κ3) is 5.87. The topological polar surface area (TPSA) is 61.4 Å². The van der Waals surface area contributed by atoms with E-state index in [0.29, 0.717) is 12.1 Å². The second-order valence-electron chi connectivity index (χ2n) is 6.94. The zero-order valence-electron chi connectivity index (χ0n) is 16.0. The number of rotatable bonds is 8. The third-order valence-electron chi connectivity index (χ3n) is 4.31. The number of benzene rings is 1. The van der Waals surface area contributed by atoms with Gasteiger partial charge in [0, 0.05) is 17.0 Å². The number of nitrogens with zero attached hydrogens (tertiary/aromatic N) is 1. The highest BCUT2D eigenvalue weighted by atomic mass is 32.1. The fourth-order valence-electron chi connectivity index (χ4n) is 2.69. The van der Waals surface area contributed by atoms with Crippen LogP contribution in [-0.4, -0.2) is 43.4 Å². The van der Waals surface area contributed by atoms with Gasteiger partial charge in [-0.25, -0.2) is 4.39 Å². The van der Waals surface area contributed by atoms with Crippen LogP contribution in [0.3, 0.4) is 0 Å². The van der Waals surface area contributed by atoms with Crippen LogP contribution in [0, 0.1) is 11.7 Å². The quantitative estimate of drug-likeness (QED) is 0.727. The Hall–Kier alpha value is -2.25. The van der Waals surface area contributed by atoms with Crippen LogP contribution in [0.25, 0.3) is 0 Å².